The molecule has 1 rings (SSSR count). The van der Waals surface area contributed by atoms with Gasteiger partial charge in [0.2, 0.25) is 5.75 Å². The van der Waals surface area contributed by atoms with Crippen molar-refractivity contribution in [2.24, 2.45) is 0 Å². The molecule has 0 aromatic heterocycles. The predicted octanol–water partition coefficient (Wildman–Crippen LogP) is 4.25. The molecule has 0 aliphatic rings. The third kappa shape index (κ3) is 5.72. The van der Waals surface area contributed by atoms with Gasteiger partial charge in [-0.2, -0.15) is 13.2 Å². The third-order valence-electron chi connectivity index (χ3n) is 2.42. The van der Waals surface area contributed by atoms with Crippen LogP contribution in [0.2, 0.25) is 0 Å². The molecule has 0 spiro atoms. The van der Waals surface area contributed by atoms with Crippen LogP contribution in [-0.4, -0.2) is 17.6 Å². The number of nitrogens with one attached hydrogen (secondary N) is 1. The van der Waals surface area contributed by atoms with Crippen molar-refractivity contribution in [3.05, 3.63) is 33.9 Å². The highest BCUT2D eigenvalue weighted by molar-refractivity contribution is 8.09. The van der Waals surface area contributed by atoms with Crippen LogP contribution in [0, 0.1) is 10.1 Å². The van der Waals surface area contributed by atoms with E-state index in [1.54, 1.807) is 20.8 Å². The fourth-order valence-corrected chi connectivity index (χ4v) is 4.37. The molecule has 0 fully saturated rings. The minimum Gasteiger partial charge on any atom is -0.425 e. The molecule has 0 heterocycles. The number of nitro benzene ring substituents is 1. The fraction of sp³-hybridized carbons (Fsp3) is 0.500. The summed E-state index contributed by atoms with van der Waals surface area (Å²) in [7, 11) is 0. The number of hydrogen-bond donors (Lipinski definition) is 1. The Morgan fingerprint density at radius 2 is 2.04 bits per heavy atom. The maximum Gasteiger partial charge on any atom is 0.416 e. The largest absolute Gasteiger partial charge is 0.425 e. The molecule has 0 saturated heterocycles. The van der Waals surface area contributed by atoms with E-state index < -0.39 is 29.0 Å². The van der Waals surface area contributed by atoms with Crippen LogP contribution < -0.4 is 9.61 Å². The van der Waals surface area contributed by atoms with Gasteiger partial charge in [-0.05, 0) is 44.7 Å². The van der Waals surface area contributed by atoms with E-state index in [-0.39, 0.29) is 18.4 Å². The van der Waals surface area contributed by atoms with Crippen molar-refractivity contribution >= 4 is 24.1 Å². The highest BCUT2D eigenvalue weighted by atomic mass is 32.5. The second-order valence-corrected chi connectivity index (χ2v) is 7.86. The van der Waals surface area contributed by atoms with E-state index in [1.807, 2.05) is 0 Å². The Balaban J connectivity index is 3.25. The van der Waals surface area contributed by atoms with Crippen LogP contribution in [0.4, 0.5) is 18.9 Å². The first-order chi connectivity index (χ1) is 10.5. The number of benzene rings is 1. The number of alkyl halides is 3. The van der Waals surface area contributed by atoms with Gasteiger partial charge in [-0.25, -0.2) is 5.09 Å². The maximum atomic E-state index is 12.7. The average molecular weight is 372 g/mol. The first kappa shape index (κ1) is 19.8. The zero-order chi connectivity index (χ0) is 17.8. The molecule has 1 unspecified atom stereocenters. The Morgan fingerprint density at radius 3 is 2.48 bits per heavy atom. The Labute approximate surface area is 136 Å². The maximum absolute atomic E-state index is 12.7. The summed E-state index contributed by atoms with van der Waals surface area (Å²) < 4.78 is 48.8. The molecular formula is C12H16F3N2O4PS. The van der Waals surface area contributed by atoms with Crippen molar-refractivity contribution in [2.75, 3.05) is 6.61 Å². The molecule has 11 heteroatoms. The van der Waals surface area contributed by atoms with Gasteiger partial charge in [-0.3, -0.25) is 10.1 Å². The van der Waals surface area contributed by atoms with Crippen LogP contribution in [0.1, 0.15) is 26.3 Å². The standard InChI is InChI=1S/C12H16F3N2O4PS/c1-4-20-22(23,16-8(2)3)21-11-6-5-9(12(13,14)15)7-10(11)17(18)19/h5-8H,4H2,1-3H3,(H,16,23). The molecule has 1 aromatic rings. The summed E-state index contributed by atoms with van der Waals surface area (Å²) >= 11 is 5.22. The molecule has 130 valence electrons. The van der Waals surface area contributed by atoms with Crippen molar-refractivity contribution in [1.29, 1.82) is 0 Å². The summed E-state index contributed by atoms with van der Waals surface area (Å²) in [5.74, 6) is -0.368. The van der Waals surface area contributed by atoms with Gasteiger partial charge in [0.1, 0.15) is 0 Å². The van der Waals surface area contributed by atoms with E-state index in [0.29, 0.717) is 12.1 Å². The van der Waals surface area contributed by atoms with Crippen molar-refractivity contribution in [3.63, 3.8) is 0 Å². The predicted molar refractivity (Wildman–Crippen MR) is 82.9 cm³/mol. The smallest absolute Gasteiger partial charge is 0.416 e. The van der Waals surface area contributed by atoms with Gasteiger partial charge in [0, 0.05) is 12.1 Å². The first-order valence-electron chi connectivity index (χ1n) is 6.56. The van der Waals surface area contributed by atoms with E-state index in [4.69, 9.17) is 20.9 Å². The second-order valence-electron chi connectivity index (χ2n) is 4.73. The summed E-state index contributed by atoms with van der Waals surface area (Å²) in [6, 6.07) is 1.85. The lowest BCUT2D eigenvalue weighted by molar-refractivity contribution is -0.385. The molecular weight excluding hydrogens is 356 g/mol. The summed E-state index contributed by atoms with van der Waals surface area (Å²) in [5.41, 5.74) is -1.96. The number of rotatable bonds is 7. The van der Waals surface area contributed by atoms with Crippen molar-refractivity contribution in [1.82, 2.24) is 5.09 Å². The molecule has 1 aromatic carbocycles. The second kappa shape index (κ2) is 7.57. The third-order valence-corrected chi connectivity index (χ3v) is 5.14. The molecule has 0 saturated carbocycles. The summed E-state index contributed by atoms with van der Waals surface area (Å²) in [6.45, 7) is 2.26. The van der Waals surface area contributed by atoms with Crippen LogP contribution in [0.3, 0.4) is 0 Å². The van der Waals surface area contributed by atoms with Crippen LogP contribution in [0.5, 0.6) is 5.75 Å². The molecule has 0 aliphatic heterocycles. The number of halogens is 3. The van der Waals surface area contributed by atoms with E-state index in [0.717, 1.165) is 6.07 Å². The molecule has 1 N–H and O–H groups in total. The van der Waals surface area contributed by atoms with Crippen LogP contribution in [-0.2, 0) is 22.5 Å². The van der Waals surface area contributed by atoms with E-state index >= 15 is 0 Å². The summed E-state index contributed by atoms with van der Waals surface area (Å²) in [5, 5.41) is 13.9. The quantitative estimate of drug-likeness (QED) is 0.438. The number of nitro groups is 1. The van der Waals surface area contributed by atoms with Gasteiger partial charge < -0.3 is 9.05 Å². The molecule has 1 atom stereocenters. The molecule has 0 bridgehead atoms. The molecule has 0 aliphatic carbocycles. The van der Waals surface area contributed by atoms with Gasteiger partial charge in [0.25, 0.3) is 0 Å². The Kier molecular flexibility index (Phi) is 6.52. The highest BCUT2D eigenvalue weighted by Gasteiger charge is 2.34. The van der Waals surface area contributed by atoms with Crippen LogP contribution >= 0.6 is 6.64 Å². The molecule has 23 heavy (non-hydrogen) atoms. The average Bonchev–Trinajstić information content (AvgIpc) is 2.36. The van der Waals surface area contributed by atoms with Gasteiger partial charge >= 0.3 is 18.5 Å². The van der Waals surface area contributed by atoms with Gasteiger partial charge in [0.15, 0.2) is 0 Å². The molecule has 0 radical (unpaired) electrons. The van der Waals surface area contributed by atoms with Crippen LogP contribution in [0.15, 0.2) is 18.2 Å². The SMILES string of the molecule is CCOP(=S)(NC(C)C)Oc1ccc(C(F)(F)F)cc1[N+](=O)[O-]. The molecule has 0 amide bonds. The van der Waals surface area contributed by atoms with Crippen LogP contribution in [0.25, 0.3) is 0 Å². The van der Waals surface area contributed by atoms with Gasteiger partial charge in [-0.15, -0.1) is 0 Å². The zero-order valence-corrected chi connectivity index (χ0v) is 14.3. The minimum atomic E-state index is -4.69. The first-order valence-corrected chi connectivity index (χ1v) is 9.20. The zero-order valence-electron chi connectivity index (χ0n) is 12.6. The van der Waals surface area contributed by atoms with E-state index in [2.05, 4.69) is 5.09 Å². The highest BCUT2D eigenvalue weighted by Crippen LogP contribution is 2.48. The minimum absolute atomic E-state index is 0.138. The lowest BCUT2D eigenvalue weighted by atomic mass is 10.2. The van der Waals surface area contributed by atoms with Crippen molar-refractivity contribution in [2.45, 2.75) is 33.0 Å². The lowest BCUT2D eigenvalue weighted by Crippen LogP contribution is -2.23. The Morgan fingerprint density at radius 1 is 1.43 bits per heavy atom. The number of nitrogens with zero attached hydrogens (tertiary/aromatic N) is 1. The van der Waals surface area contributed by atoms with Crippen molar-refractivity contribution < 1.29 is 27.1 Å². The van der Waals surface area contributed by atoms with Gasteiger partial charge in [-0.1, -0.05) is 0 Å². The monoisotopic (exact) mass is 372 g/mol. The van der Waals surface area contributed by atoms with Crippen molar-refractivity contribution in [3.8, 4) is 5.75 Å². The number of hydrogen-bond acceptors (Lipinski definition) is 5. The Hall–Kier alpha value is -1.22. The summed E-state index contributed by atoms with van der Waals surface area (Å²) in [6.07, 6.45) is -4.69. The molecule has 6 nitrogen and oxygen atoms in total. The van der Waals surface area contributed by atoms with E-state index in [9.17, 15) is 23.3 Å². The fourth-order valence-electron chi connectivity index (χ4n) is 1.62. The topological polar surface area (TPSA) is 73.6 Å². The Bertz CT molecular complexity index is 625. The van der Waals surface area contributed by atoms with Gasteiger partial charge in [0.05, 0.1) is 17.1 Å². The lowest BCUT2D eigenvalue weighted by Gasteiger charge is -2.25. The van der Waals surface area contributed by atoms with E-state index in [1.165, 1.54) is 0 Å². The summed E-state index contributed by atoms with van der Waals surface area (Å²) in [4.78, 5) is 10.1. The normalized spacial score (nSPS) is 14.6.